The highest BCUT2D eigenvalue weighted by atomic mass is 16.5. The van der Waals surface area contributed by atoms with E-state index < -0.39 is 6.04 Å². The van der Waals surface area contributed by atoms with Crippen LogP contribution in [0, 0.1) is 5.92 Å². The first kappa shape index (κ1) is 16.6. The van der Waals surface area contributed by atoms with Crippen molar-refractivity contribution in [2.75, 3.05) is 26.3 Å². The molecule has 128 valence electrons. The van der Waals surface area contributed by atoms with E-state index in [1.165, 1.54) is 6.33 Å². The number of hydrogen-bond acceptors (Lipinski definition) is 5. The first-order valence-corrected chi connectivity index (χ1v) is 8.41. The molecule has 1 aliphatic heterocycles. The molecule has 0 spiro atoms. The van der Waals surface area contributed by atoms with E-state index in [0.29, 0.717) is 18.9 Å². The summed E-state index contributed by atoms with van der Waals surface area (Å²) < 4.78 is 6.99. The molecule has 7 heteroatoms. The van der Waals surface area contributed by atoms with Crippen LogP contribution < -0.4 is 0 Å². The lowest BCUT2D eigenvalue weighted by atomic mass is 10.0. The second-order valence-corrected chi connectivity index (χ2v) is 6.10. The molecule has 0 radical (unpaired) electrons. The summed E-state index contributed by atoms with van der Waals surface area (Å²) in [7, 11) is 0. The van der Waals surface area contributed by atoms with Crippen LogP contribution in [-0.4, -0.2) is 57.3 Å². The lowest BCUT2D eigenvalue weighted by Crippen LogP contribution is -2.41. The molecule has 1 aromatic carbocycles. The largest absolute Gasteiger partial charge is 0.381 e. The van der Waals surface area contributed by atoms with E-state index in [0.717, 1.165) is 31.7 Å². The van der Waals surface area contributed by atoms with Crippen LogP contribution in [0.15, 0.2) is 36.7 Å². The molecule has 1 aromatic heterocycles. The van der Waals surface area contributed by atoms with Gasteiger partial charge in [-0.1, -0.05) is 30.3 Å². The number of ether oxygens (including phenoxy) is 1. The van der Waals surface area contributed by atoms with E-state index in [2.05, 4.69) is 15.5 Å². The fourth-order valence-corrected chi connectivity index (χ4v) is 3.07. The van der Waals surface area contributed by atoms with Crippen molar-refractivity contribution in [3.8, 4) is 0 Å². The number of nitrogens with zero attached hydrogens (tertiary/aromatic N) is 5. The fourth-order valence-electron chi connectivity index (χ4n) is 3.07. The Morgan fingerprint density at radius 3 is 2.88 bits per heavy atom. The number of rotatable bonds is 7. The quantitative estimate of drug-likeness (QED) is 0.766. The Kier molecular flexibility index (Phi) is 5.53. The summed E-state index contributed by atoms with van der Waals surface area (Å²) in [6.07, 6.45) is 3.10. The van der Waals surface area contributed by atoms with Gasteiger partial charge in [0.1, 0.15) is 12.4 Å². The van der Waals surface area contributed by atoms with Gasteiger partial charge in [0, 0.05) is 32.0 Å². The molecule has 1 fully saturated rings. The first-order chi connectivity index (χ1) is 11.8. The van der Waals surface area contributed by atoms with Crippen LogP contribution in [0.2, 0.25) is 0 Å². The molecule has 1 aliphatic rings. The molecule has 0 N–H and O–H groups in total. The minimum absolute atomic E-state index is 0.0561. The Balaban J connectivity index is 1.76. The van der Waals surface area contributed by atoms with E-state index in [1.807, 2.05) is 42.2 Å². The van der Waals surface area contributed by atoms with Crippen molar-refractivity contribution in [1.82, 2.24) is 25.1 Å². The molecule has 0 bridgehead atoms. The average Bonchev–Trinajstić information content (AvgIpc) is 3.31. The molecule has 24 heavy (non-hydrogen) atoms. The molecule has 2 unspecified atom stereocenters. The highest BCUT2D eigenvalue weighted by Gasteiger charge is 2.29. The Morgan fingerprint density at radius 2 is 2.25 bits per heavy atom. The summed E-state index contributed by atoms with van der Waals surface area (Å²) in [5, 5.41) is 11.4. The Bertz CT molecular complexity index is 626. The predicted octanol–water partition coefficient (Wildman–Crippen LogP) is 1.34. The van der Waals surface area contributed by atoms with Gasteiger partial charge < -0.3 is 9.64 Å². The van der Waals surface area contributed by atoms with Gasteiger partial charge in [0.05, 0.1) is 6.61 Å². The summed E-state index contributed by atoms with van der Waals surface area (Å²) in [6, 6.07) is 9.53. The Morgan fingerprint density at radius 1 is 1.42 bits per heavy atom. The van der Waals surface area contributed by atoms with Crippen molar-refractivity contribution in [1.29, 1.82) is 0 Å². The van der Waals surface area contributed by atoms with E-state index in [4.69, 9.17) is 4.74 Å². The lowest BCUT2D eigenvalue weighted by Gasteiger charge is -2.28. The zero-order valence-electron chi connectivity index (χ0n) is 13.9. The minimum Gasteiger partial charge on any atom is -0.381 e. The molecular weight excluding hydrogens is 306 g/mol. The second-order valence-electron chi connectivity index (χ2n) is 6.10. The standard InChI is InChI=1S/C17H23N5O2/c1-2-21(11-15-8-9-24-12-15)17(23)16(22-13-18-19-20-22)10-14-6-4-3-5-7-14/h3-7,13,15-16H,2,8-12H2,1H3. The van der Waals surface area contributed by atoms with Gasteiger partial charge >= 0.3 is 0 Å². The number of tetrazole rings is 1. The Hall–Kier alpha value is -2.28. The normalized spacial score (nSPS) is 18.5. The van der Waals surface area contributed by atoms with Crippen LogP contribution >= 0.6 is 0 Å². The van der Waals surface area contributed by atoms with Crippen molar-refractivity contribution in [3.63, 3.8) is 0 Å². The summed E-state index contributed by atoms with van der Waals surface area (Å²) >= 11 is 0. The SMILES string of the molecule is CCN(CC1CCOC1)C(=O)C(Cc1ccccc1)n1cnnn1. The molecule has 0 aliphatic carbocycles. The van der Waals surface area contributed by atoms with Gasteiger partial charge in [0.25, 0.3) is 0 Å². The molecule has 2 heterocycles. The van der Waals surface area contributed by atoms with Crippen molar-refractivity contribution in [2.24, 2.45) is 5.92 Å². The van der Waals surface area contributed by atoms with Crippen LogP contribution in [0.5, 0.6) is 0 Å². The molecule has 2 aromatic rings. The highest BCUT2D eigenvalue weighted by molar-refractivity contribution is 5.80. The summed E-state index contributed by atoms with van der Waals surface area (Å²) in [5.74, 6) is 0.473. The average molecular weight is 329 g/mol. The van der Waals surface area contributed by atoms with Gasteiger partial charge in [-0.15, -0.1) is 5.10 Å². The number of benzene rings is 1. The van der Waals surface area contributed by atoms with E-state index in [1.54, 1.807) is 4.68 Å². The predicted molar refractivity (Wildman–Crippen MR) is 88.2 cm³/mol. The molecule has 1 saturated heterocycles. The van der Waals surface area contributed by atoms with E-state index in [-0.39, 0.29) is 5.91 Å². The van der Waals surface area contributed by atoms with Gasteiger partial charge in [-0.3, -0.25) is 4.79 Å². The number of carbonyl (C=O) groups excluding carboxylic acids is 1. The molecule has 2 atom stereocenters. The third kappa shape index (κ3) is 3.97. The number of amides is 1. The van der Waals surface area contributed by atoms with Crippen molar-refractivity contribution in [2.45, 2.75) is 25.8 Å². The van der Waals surface area contributed by atoms with Gasteiger partial charge in [-0.25, -0.2) is 4.68 Å². The van der Waals surface area contributed by atoms with Crippen LogP contribution in [0.25, 0.3) is 0 Å². The van der Waals surface area contributed by atoms with Crippen LogP contribution in [0.3, 0.4) is 0 Å². The molecule has 3 rings (SSSR count). The van der Waals surface area contributed by atoms with Crippen molar-refractivity contribution < 1.29 is 9.53 Å². The van der Waals surface area contributed by atoms with Gasteiger partial charge in [-0.05, 0) is 29.3 Å². The van der Waals surface area contributed by atoms with Crippen molar-refractivity contribution >= 4 is 5.91 Å². The maximum atomic E-state index is 13.1. The number of hydrogen-bond donors (Lipinski definition) is 0. The van der Waals surface area contributed by atoms with Gasteiger partial charge in [-0.2, -0.15) is 0 Å². The number of carbonyl (C=O) groups is 1. The molecule has 7 nitrogen and oxygen atoms in total. The van der Waals surface area contributed by atoms with E-state index >= 15 is 0 Å². The van der Waals surface area contributed by atoms with Gasteiger partial charge in [0.2, 0.25) is 5.91 Å². The molecular formula is C17H23N5O2. The molecule has 0 saturated carbocycles. The smallest absolute Gasteiger partial charge is 0.247 e. The summed E-state index contributed by atoms with van der Waals surface area (Å²) in [4.78, 5) is 15.0. The van der Waals surface area contributed by atoms with Crippen molar-refractivity contribution in [3.05, 3.63) is 42.2 Å². The minimum atomic E-state index is -0.426. The monoisotopic (exact) mass is 329 g/mol. The maximum absolute atomic E-state index is 13.1. The van der Waals surface area contributed by atoms with Crippen LogP contribution in [0.4, 0.5) is 0 Å². The fraction of sp³-hybridized carbons (Fsp3) is 0.529. The zero-order valence-corrected chi connectivity index (χ0v) is 13.9. The second kappa shape index (κ2) is 8.01. The zero-order chi connectivity index (χ0) is 16.8. The number of likely N-dealkylation sites (N-methyl/N-ethyl adjacent to an activating group) is 1. The van der Waals surface area contributed by atoms with E-state index in [9.17, 15) is 4.79 Å². The summed E-state index contributed by atoms with van der Waals surface area (Å²) in [5.41, 5.74) is 1.09. The third-order valence-corrected chi connectivity index (χ3v) is 4.44. The topological polar surface area (TPSA) is 73.1 Å². The summed E-state index contributed by atoms with van der Waals surface area (Å²) in [6.45, 7) is 4.92. The Labute approximate surface area is 141 Å². The van der Waals surface area contributed by atoms with Crippen LogP contribution in [-0.2, 0) is 16.0 Å². The van der Waals surface area contributed by atoms with Crippen LogP contribution in [0.1, 0.15) is 24.9 Å². The highest BCUT2D eigenvalue weighted by Crippen LogP contribution is 2.19. The maximum Gasteiger partial charge on any atom is 0.247 e. The third-order valence-electron chi connectivity index (χ3n) is 4.44. The molecule has 1 amide bonds. The lowest BCUT2D eigenvalue weighted by molar-refractivity contribution is -0.135. The van der Waals surface area contributed by atoms with Gasteiger partial charge in [0.15, 0.2) is 0 Å². The number of aromatic nitrogens is 4. The first-order valence-electron chi connectivity index (χ1n) is 8.41.